The molecule has 13 heteroatoms. The predicted molar refractivity (Wildman–Crippen MR) is 134 cm³/mol. The van der Waals surface area contributed by atoms with Crippen molar-refractivity contribution in [3.8, 4) is 0 Å². The first-order valence-corrected chi connectivity index (χ1v) is 13.7. The molecule has 1 heterocycles. The zero-order valence-electron chi connectivity index (χ0n) is 20.0. The number of amides is 1. The van der Waals surface area contributed by atoms with E-state index in [2.05, 4.69) is 0 Å². The highest BCUT2D eigenvalue weighted by atomic mass is 35.5. The Bertz CT molecular complexity index is 1320. The van der Waals surface area contributed by atoms with Gasteiger partial charge in [0.15, 0.2) is 9.84 Å². The summed E-state index contributed by atoms with van der Waals surface area (Å²) < 4.78 is 67.3. The molecule has 1 aliphatic heterocycles. The Kier molecular flexibility index (Phi) is 8.83. The first kappa shape index (κ1) is 29.2. The third kappa shape index (κ3) is 6.57. The van der Waals surface area contributed by atoms with Crippen molar-refractivity contribution >= 4 is 50.6 Å². The summed E-state index contributed by atoms with van der Waals surface area (Å²) in [6.45, 7) is 1.67. The monoisotopic (exact) mass is 580 g/mol. The lowest BCUT2D eigenvalue weighted by molar-refractivity contribution is -0.144. The van der Waals surface area contributed by atoms with Gasteiger partial charge in [0.2, 0.25) is 0 Å². The van der Waals surface area contributed by atoms with E-state index in [0.717, 1.165) is 11.0 Å². The number of rotatable bonds is 7. The number of halogens is 5. The van der Waals surface area contributed by atoms with Gasteiger partial charge in [-0.3, -0.25) is 14.5 Å². The molecule has 1 atom stereocenters. The third-order valence-electron chi connectivity index (χ3n) is 6.29. The number of hydrogen-bond donors (Lipinski definition) is 1. The number of benzene rings is 2. The van der Waals surface area contributed by atoms with E-state index in [-0.39, 0.29) is 45.0 Å². The first-order valence-electron chi connectivity index (χ1n) is 11.3. The van der Waals surface area contributed by atoms with Gasteiger partial charge in [-0.15, -0.1) is 0 Å². The maximum Gasteiger partial charge on any atom is 0.416 e. The summed E-state index contributed by atoms with van der Waals surface area (Å²) in [4.78, 5) is 26.9. The number of carbonyl (C=O) groups excluding carboxylic acids is 1. The minimum atomic E-state index is -4.86. The lowest BCUT2D eigenvalue weighted by Crippen LogP contribution is -2.38. The number of hydrogen-bond acceptors (Lipinski definition) is 5. The Morgan fingerprint density at radius 1 is 1.19 bits per heavy atom. The summed E-state index contributed by atoms with van der Waals surface area (Å²) in [5.74, 6) is -2.89. The van der Waals surface area contributed by atoms with E-state index in [9.17, 15) is 36.3 Å². The topological polar surface area (TPSA) is 95.0 Å². The zero-order chi connectivity index (χ0) is 27.7. The molecule has 1 amide bonds. The molecule has 37 heavy (non-hydrogen) atoms. The number of alkyl halides is 3. The maximum absolute atomic E-state index is 14.1. The van der Waals surface area contributed by atoms with Crippen molar-refractivity contribution in [3.05, 3.63) is 57.1 Å². The summed E-state index contributed by atoms with van der Waals surface area (Å²) in [6.07, 6.45) is -3.91. The van der Waals surface area contributed by atoms with Crippen LogP contribution in [0.1, 0.15) is 41.3 Å². The standard InChI is InChI=1S/C24H25Cl2F3N2O5S/c1-3-37(35,36)21-7-6-16(25)11-20(21)30(2)22(32)15-9-18(24(27,28)29)17(19(26)10-15)13-31-8-4-5-14(12-31)23(33)34/h6-7,9-11,14H,3-5,8,12-13H2,1-2H3,(H,33,34)/t14-/m0/s1. The average Bonchev–Trinajstić information content (AvgIpc) is 2.83. The molecular weight excluding hydrogens is 556 g/mol. The summed E-state index contributed by atoms with van der Waals surface area (Å²) >= 11 is 12.3. The fourth-order valence-electron chi connectivity index (χ4n) is 4.27. The highest BCUT2D eigenvalue weighted by molar-refractivity contribution is 7.91. The molecule has 0 saturated carbocycles. The van der Waals surface area contributed by atoms with E-state index in [1.165, 1.54) is 32.2 Å². The van der Waals surface area contributed by atoms with Gasteiger partial charge < -0.3 is 10.0 Å². The number of anilines is 1. The highest BCUT2D eigenvalue weighted by Crippen LogP contribution is 2.38. The fourth-order valence-corrected chi connectivity index (χ4v) is 5.82. The second kappa shape index (κ2) is 11.2. The van der Waals surface area contributed by atoms with E-state index in [0.29, 0.717) is 25.5 Å². The molecule has 0 radical (unpaired) electrons. The highest BCUT2D eigenvalue weighted by Gasteiger charge is 2.37. The van der Waals surface area contributed by atoms with Crippen molar-refractivity contribution < 1.29 is 36.3 Å². The summed E-state index contributed by atoms with van der Waals surface area (Å²) in [6, 6.07) is 5.60. The largest absolute Gasteiger partial charge is 0.481 e. The van der Waals surface area contributed by atoms with Crippen LogP contribution in [0.15, 0.2) is 35.2 Å². The molecule has 0 bridgehead atoms. The number of likely N-dealkylation sites (tertiary alicyclic amines) is 1. The quantitative estimate of drug-likeness (QED) is 0.472. The zero-order valence-corrected chi connectivity index (χ0v) is 22.3. The molecule has 202 valence electrons. The normalized spacial score (nSPS) is 17.0. The van der Waals surface area contributed by atoms with E-state index in [1.54, 1.807) is 4.90 Å². The van der Waals surface area contributed by atoms with Gasteiger partial charge in [0.25, 0.3) is 5.91 Å². The van der Waals surface area contributed by atoms with Crippen LogP contribution in [0, 0.1) is 5.92 Å². The molecule has 1 N–H and O–H groups in total. The summed E-state index contributed by atoms with van der Waals surface area (Å²) in [5, 5.41) is 9.11. The Morgan fingerprint density at radius 3 is 2.46 bits per heavy atom. The van der Waals surface area contributed by atoms with Crippen molar-refractivity contribution in [2.24, 2.45) is 5.92 Å². The minimum Gasteiger partial charge on any atom is -0.481 e. The Morgan fingerprint density at radius 2 is 1.86 bits per heavy atom. The maximum atomic E-state index is 14.1. The van der Waals surface area contributed by atoms with Gasteiger partial charge in [-0.25, -0.2) is 8.42 Å². The smallest absolute Gasteiger partial charge is 0.416 e. The van der Waals surface area contributed by atoms with Crippen LogP contribution in [-0.2, 0) is 27.4 Å². The molecule has 1 fully saturated rings. The van der Waals surface area contributed by atoms with Gasteiger partial charge in [0.1, 0.15) is 0 Å². The summed E-state index contributed by atoms with van der Waals surface area (Å²) in [7, 11) is -2.55. The molecular formula is C24H25Cl2F3N2O5S. The van der Waals surface area contributed by atoms with Crippen LogP contribution in [-0.4, -0.2) is 56.2 Å². The van der Waals surface area contributed by atoms with Crippen LogP contribution in [0.5, 0.6) is 0 Å². The number of aliphatic carboxylic acids is 1. The van der Waals surface area contributed by atoms with Crippen molar-refractivity contribution in [2.75, 3.05) is 30.8 Å². The Labute approximate surface area is 222 Å². The Balaban J connectivity index is 2.02. The molecule has 7 nitrogen and oxygen atoms in total. The number of carboxylic acid groups (broad SMARTS) is 1. The lowest BCUT2D eigenvalue weighted by atomic mass is 9.96. The third-order valence-corrected chi connectivity index (χ3v) is 8.63. The molecule has 3 rings (SSSR count). The Hall–Kier alpha value is -2.34. The molecule has 2 aromatic carbocycles. The molecule has 0 aliphatic carbocycles. The number of nitrogens with zero attached hydrogens (tertiary/aromatic N) is 2. The van der Waals surface area contributed by atoms with Crippen molar-refractivity contribution in [3.63, 3.8) is 0 Å². The predicted octanol–water partition coefficient (Wildman–Crippen LogP) is 5.38. The van der Waals surface area contributed by atoms with E-state index < -0.39 is 44.9 Å². The van der Waals surface area contributed by atoms with Gasteiger partial charge in [0, 0.05) is 35.7 Å². The molecule has 0 spiro atoms. The van der Waals surface area contributed by atoms with Crippen LogP contribution in [0.3, 0.4) is 0 Å². The number of sulfone groups is 1. The van der Waals surface area contributed by atoms with Gasteiger partial charge in [-0.05, 0) is 55.3 Å². The number of piperidine rings is 1. The van der Waals surface area contributed by atoms with Crippen LogP contribution in [0.2, 0.25) is 10.0 Å². The number of carbonyl (C=O) groups is 2. The van der Waals surface area contributed by atoms with Crippen LogP contribution in [0.4, 0.5) is 18.9 Å². The second-order valence-electron chi connectivity index (χ2n) is 8.77. The van der Waals surface area contributed by atoms with Gasteiger partial charge in [0.05, 0.1) is 27.8 Å². The SMILES string of the molecule is CCS(=O)(=O)c1ccc(Cl)cc1N(C)C(=O)c1cc(Cl)c(CN2CCC[C@H](C(=O)O)C2)c(C(F)(F)F)c1. The lowest BCUT2D eigenvalue weighted by Gasteiger charge is -2.31. The van der Waals surface area contributed by atoms with Gasteiger partial charge >= 0.3 is 12.1 Å². The van der Waals surface area contributed by atoms with Crippen LogP contribution in [0.25, 0.3) is 0 Å². The van der Waals surface area contributed by atoms with Crippen LogP contribution >= 0.6 is 23.2 Å². The first-order chi connectivity index (χ1) is 17.2. The molecule has 1 aliphatic rings. The van der Waals surface area contributed by atoms with Gasteiger partial charge in [-0.2, -0.15) is 13.2 Å². The molecule has 0 aromatic heterocycles. The molecule has 1 saturated heterocycles. The van der Waals surface area contributed by atoms with E-state index >= 15 is 0 Å². The second-order valence-corrected chi connectivity index (χ2v) is 11.9. The molecule has 0 unspecified atom stereocenters. The minimum absolute atomic E-state index is 0.0792. The molecule has 2 aromatic rings. The van der Waals surface area contributed by atoms with Gasteiger partial charge in [-0.1, -0.05) is 30.1 Å². The van der Waals surface area contributed by atoms with Crippen molar-refractivity contribution in [1.82, 2.24) is 4.90 Å². The fraction of sp³-hybridized carbons (Fsp3) is 0.417. The van der Waals surface area contributed by atoms with Crippen molar-refractivity contribution in [2.45, 2.75) is 37.4 Å². The summed E-state index contributed by atoms with van der Waals surface area (Å²) in [5.41, 5.74) is -1.87. The number of carboxylic acids is 1. The van der Waals surface area contributed by atoms with Crippen molar-refractivity contribution in [1.29, 1.82) is 0 Å². The average molecular weight is 581 g/mol. The van der Waals surface area contributed by atoms with E-state index in [1.807, 2.05) is 0 Å². The van der Waals surface area contributed by atoms with E-state index in [4.69, 9.17) is 23.2 Å². The van der Waals surface area contributed by atoms with Crippen LogP contribution < -0.4 is 4.90 Å².